The summed E-state index contributed by atoms with van der Waals surface area (Å²) in [7, 11) is -1.51. The van der Waals surface area contributed by atoms with E-state index in [2.05, 4.69) is 10.0 Å². The van der Waals surface area contributed by atoms with Crippen molar-refractivity contribution in [2.24, 2.45) is 7.05 Å². The van der Waals surface area contributed by atoms with Gasteiger partial charge in [0, 0.05) is 32.5 Å². The molecule has 0 bridgehead atoms. The molecule has 6 heteroatoms. The molecule has 0 aliphatic rings. The van der Waals surface area contributed by atoms with Crippen LogP contribution in [-0.4, -0.2) is 19.5 Å². The third-order valence-electron chi connectivity index (χ3n) is 2.89. The standard InChI is InChI=1S/C14H19N3O2S/c1-3-16-20(18,19)14-7-5-4-6-13(14)15-10-12-8-9-17(2)11-12/h4-9,11,15-16H,3,10H2,1-2H3. The number of aryl methyl sites for hydroxylation is 1. The highest BCUT2D eigenvalue weighted by atomic mass is 32.2. The lowest BCUT2D eigenvalue weighted by Gasteiger charge is -2.12. The molecule has 20 heavy (non-hydrogen) atoms. The van der Waals surface area contributed by atoms with E-state index in [1.807, 2.05) is 36.1 Å². The van der Waals surface area contributed by atoms with Crippen LogP contribution in [-0.2, 0) is 23.6 Å². The summed E-state index contributed by atoms with van der Waals surface area (Å²) in [6.45, 7) is 2.71. The minimum Gasteiger partial charge on any atom is -0.380 e. The fraction of sp³-hybridized carbons (Fsp3) is 0.286. The first kappa shape index (κ1) is 14.6. The van der Waals surface area contributed by atoms with E-state index in [1.165, 1.54) is 0 Å². The van der Waals surface area contributed by atoms with Gasteiger partial charge >= 0.3 is 0 Å². The first-order chi connectivity index (χ1) is 9.53. The monoisotopic (exact) mass is 293 g/mol. The average Bonchev–Trinajstić information content (AvgIpc) is 2.82. The van der Waals surface area contributed by atoms with Crippen molar-refractivity contribution in [1.82, 2.24) is 9.29 Å². The number of sulfonamides is 1. The summed E-state index contributed by atoms with van der Waals surface area (Å²) in [6.07, 6.45) is 3.95. The average molecular weight is 293 g/mol. The molecular formula is C14H19N3O2S. The zero-order chi connectivity index (χ0) is 14.6. The maximum absolute atomic E-state index is 12.1. The van der Waals surface area contributed by atoms with Gasteiger partial charge < -0.3 is 9.88 Å². The normalized spacial score (nSPS) is 11.5. The van der Waals surface area contributed by atoms with Crippen molar-refractivity contribution >= 4 is 15.7 Å². The van der Waals surface area contributed by atoms with Gasteiger partial charge in [-0.3, -0.25) is 0 Å². The van der Waals surface area contributed by atoms with Crippen molar-refractivity contribution in [2.45, 2.75) is 18.4 Å². The maximum atomic E-state index is 12.1. The molecule has 0 radical (unpaired) electrons. The van der Waals surface area contributed by atoms with Crippen LogP contribution in [0.15, 0.2) is 47.6 Å². The Morgan fingerprint density at radius 3 is 2.60 bits per heavy atom. The minimum atomic E-state index is -3.46. The third-order valence-corrected chi connectivity index (χ3v) is 4.49. The van der Waals surface area contributed by atoms with Crippen molar-refractivity contribution in [2.75, 3.05) is 11.9 Å². The van der Waals surface area contributed by atoms with Gasteiger partial charge in [-0.1, -0.05) is 19.1 Å². The lowest BCUT2D eigenvalue weighted by molar-refractivity contribution is 0.584. The third kappa shape index (κ3) is 3.40. The number of benzene rings is 1. The Bertz CT molecular complexity index is 677. The lowest BCUT2D eigenvalue weighted by atomic mass is 10.3. The summed E-state index contributed by atoms with van der Waals surface area (Å²) in [4.78, 5) is 0.276. The summed E-state index contributed by atoms with van der Waals surface area (Å²) in [5, 5.41) is 3.17. The van der Waals surface area contributed by atoms with E-state index in [4.69, 9.17) is 0 Å². The Morgan fingerprint density at radius 2 is 1.95 bits per heavy atom. The number of anilines is 1. The van der Waals surface area contributed by atoms with E-state index in [0.29, 0.717) is 18.8 Å². The molecule has 108 valence electrons. The molecule has 0 spiro atoms. The molecule has 2 rings (SSSR count). The van der Waals surface area contributed by atoms with Gasteiger partial charge in [0.15, 0.2) is 0 Å². The largest absolute Gasteiger partial charge is 0.380 e. The summed E-state index contributed by atoms with van der Waals surface area (Å²) >= 11 is 0. The van der Waals surface area contributed by atoms with Crippen molar-refractivity contribution in [3.05, 3.63) is 48.3 Å². The Labute approximate surface area is 119 Å². The Morgan fingerprint density at radius 1 is 1.20 bits per heavy atom. The van der Waals surface area contributed by atoms with Gasteiger partial charge in [-0.2, -0.15) is 0 Å². The summed E-state index contributed by atoms with van der Waals surface area (Å²) in [5.74, 6) is 0. The van der Waals surface area contributed by atoms with Gasteiger partial charge in [-0.15, -0.1) is 0 Å². The predicted octanol–water partition coefficient (Wildman–Crippen LogP) is 1.94. The van der Waals surface area contributed by atoms with Crippen molar-refractivity contribution in [1.29, 1.82) is 0 Å². The van der Waals surface area contributed by atoms with Crippen LogP contribution in [0.2, 0.25) is 0 Å². The van der Waals surface area contributed by atoms with Crippen LogP contribution >= 0.6 is 0 Å². The fourth-order valence-corrected chi connectivity index (χ4v) is 3.20. The minimum absolute atomic E-state index is 0.276. The molecule has 0 amide bonds. The number of nitrogens with zero attached hydrogens (tertiary/aromatic N) is 1. The van der Waals surface area contributed by atoms with E-state index in [0.717, 1.165) is 5.56 Å². The van der Waals surface area contributed by atoms with Crippen molar-refractivity contribution in [3.63, 3.8) is 0 Å². The van der Waals surface area contributed by atoms with Gasteiger partial charge in [-0.05, 0) is 23.8 Å². The van der Waals surface area contributed by atoms with Crippen LogP contribution in [0.5, 0.6) is 0 Å². The fourth-order valence-electron chi connectivity index (χ4n) is 1.98. The molecule has 0 aliphatic heterocycles. The number of hydrogen-bond donors (Lipinski definition) is 2. The molecule has 0 aliphatic carbocycles. The quantitative estimate of drug-likeness (QED) is 0.855. The molecule has 1 aromatic carbocycles. The van der Waals surface area contributed by atoms with Crippen molar-refractivity contribution in [3.8, 4) is 0 Å². The smallest absolute Gasteiger partial charge is 0.242 e. The number of aromatic nitrogens is 1. The summed E-state index contributed by atoms with van der Waals surface area (Å²) in [6, 6.07) is 8.91. The zero-order valence-corrected chi connectivity index (χ0v) is 12.4. The zero-order valence-electron chi connectivity index (χ0n) is 11.6. The molecule has 1 aromatic heterocycles. The Kier molecular flexibility index (Phi) is 4.46. The molecule has 0 unspecified atom stereocenters. The van der Waals surface area contributed by atoms with E-state index in [-0.39, 0.29) is 4.90 Å². The number of nitrogens with one attached hydrogen (secondary N) is 2. The molecule has 0 saturated heterocycles. The molecule has 5 nitrogen and oxygen atoms in total. The number of rotatable bonds is 6. The molecule has 0 atom stereocenters. The molecule has 2 aromatic rings. The van der Waals surface area contributed by atoms with Gasteiger partial charge in [0.05, 0.1) is 5.69 Å². The summed E-state index contributed by atoms with van der Waals surface area (Å²) in [5.41, 5.74) is 1.71. The number of para-hydroxylation sites is 1. The van der Waals surface area contributed by atoms with Crippen LogP contribution < -0.4 is 10.0 Å². The highest BCUT2D eigenvalue weighted by Crippen LogP contribution is 2.21. The van der Waals surface area contributed by atoms with E-state index < -0.39 is 10.0 Å². The van der Waals surface area contributed by atoms with Gasteiger partial charge in [0.25, 0.3) is 0 Å². The topological polar surface area (TPSA) is 63.1 Å². The highest BCUT2D eigenvalue weighted by molar-refractivity contribution is 7.89. The second-order valence-corrected chi connectivity index (χ2v) is 6.27. The summed E-state index contributed by atoms with van der Waals surface area (Å²) < 4.78 is 28.7. The number of hydrogen-bond acceptors (Lipinski definition) is 3. The van der Waals surface area contributed by atoms with E-state index >= 15 is 0 Å². The second kappa shape index (κ2) is 6.11. The molecular weight excluding hydrogens is 274 g/mol. The van der Waals surface area contributed by atoms with Crippen LogP contribution in [0.25, 0.3) is 0 Å². The molecule has 0 saturated carbocycles. The van der Waals surface area contributed by atoms with Crippen LogP contribution in [0.1, 0.15) is 12.5 Å². The molecule has 1 heterocycles. The predicted molar refractivity (Wildman–Crippen MR) is 80.0 cm³/mol. The first-order valence-corrected chi connectivity index (χ1v) is 7.94. The van der Waals surface area contributed by atoms with Crippen LogP contribution in [0.4, 0.5) is 5.69 Å². The van der Waals surface area contributed by atoms with Crippen molar-refractivity contribution < 1.29 is 8.42 Å². The van der Waals surface area contributed by atoms with Gasteiger partial charge in [0.2, 0.25) is 10.0 Å². The Balaban J connectivity index is 2.20. The molecule has 0 fully saturated rings. The van der Waals surface area contributed by atoms with Crippen LogP contribution in [0.3, 0.4) is 0 Å². The Hall–Kier alpha value is -1.79. The highest BCUT2D eigenvalue weighted by Gasteiger charge is 2.16. The second-order valence-electron chi connectivity index (χ2n) is 4.54. The van der Waals surface area contributed by atoms with Gasteiger partial charge in [-0.25, -0.2) is 13.1 Å². The SMILES string of the molecule is CCNS(=O)(=O)c1ccccc1NCc1ccn(C)c1. The van der Waals surface area contributed by atoms with E-state index in [1.54, 1.807) is 25.1 Å². The first-order valence-electron chi connectivity index (χ1n) is 6.46. The van der Waals surface area contributed by atoms with Gasteiger partial charge in [0.1, 0.15) is 4.90 Å². The van der Waals surface area contributed by atoms with Crippen LogP contribution in [0, 0.1) is 0 Å². The maximum Gasteiger partial charge on any atom is 0.242 e. The molecule has 2 N–H and O–H groups in total. The lowest BCUT2D eigenvalue weighted by Crippen LogP contribution is -2.24. The van der Waals surface area contributed by atoms with E-state index in [9.17, 15) is 8.42 Å².